The van der Waals surface area contributed by atoms with E-state index >= 15 is 0 Å². The summed E-state index contributed by atoms with van der Waals surface area (Å²) < 4.78 is 5.05. The Morgan fingerprint density at radius 3 is 2.38 bits per heavy atom. The van der Waals surface area contributed by atoms with E-state index in [1.807, 2.05) is 0 Å². The molecule has 0 saturated carbocycles. The smallest absolute Gasteiger partial charge is 0.273 e. The lowest BCUT2D eigenvalue weighted by molar-refractivity contribution is -0.385. The van der Waals surface area contributed by atoms with Crippen LogP contribution in [0.1, 0.15) is 33.9 Å². The van der Waals surface area contributed by atoms with Crippen LogP contribution in [-0.2, 0) is 4.79 Å². The second kappa shape index (κ2) is 8.11. The summed E-state index contributed by atoms with van der Waals surface area (Å²) in [4.78, 5) is 33.9. The molecule has 2 aromatic carbocycles. The van der Waals surface area contributed by atoms with Gasteiger partial charge in [-0.1, -0.05) is 18.2 Å². The number of rotatable bonds is 7. The van der Waals surface area contributed by atoms with Crippen molar-refractivity contribution >= 4 is 17.6 Å². The van der Waals surface area contributed by atoms with E-state index in [1.54, 1.807) is 31.2 Å². The highest BCUT2D eigenvalue weighted by molar-refractivity contribution is 5.95. The fraction of sp³-hybridized carbons (Fsp3) is 0.222. The highest BCUT2D eigenvalue weighted by Gasteiger charge is 2.19. The number of methoxy groups -OCH3 is 1. The number of carbonyl (C=O) groups is 2. The van der Waals surface area contributed by atoms with Gasteiger partial charge in [-0.3, -0.25) is 14.9 Å². The first-order valence-corrected chi connectivity index (χ1v) is 7.71. The van der Waals surface area contributed by atoms with Gasteiger partial charge in [-0.2, -0.15) is 0 Å². The summed E-state index contributed by atoms with van der Waals surface area (Å²) in [5.41, 5.74) is 0.857. The van der Waals surface area contributed by atoms with E-state index in [2.05, 4.69) is 5.32 Å². The van der Waals surface area contributed by atoms with Crippen molar-refractivity contribution in [2.24, 2.45) is 0 Å². The molecule has 0 aromatic heterocycles. The Morgan fingerprint density at radius 1 is 1.19 bits per heavy atom. The average Bonchev–Trinajstić information content (AvgIpc) is 2.61. The SMILES string of the molecule is COc1ccc([C@H](CC(=O)[O-])NC(=O)c2ccc(C)c([N+](=O)[O-])c2)cc1. The molecule has 0 heterocycles. The van der Waals surface area contributed by atoms with Crippen LogP contribution in [0.15, 0.2) is 42.5 Å². The first-order valence-electron chi connectivity index (χ1n) is 7.71. The van der Waals surface area contributed by atoms with E-state index in [9.17, 15) is 24.8 Å². The quantitative estimate of drug-likeness (QED) is 0.592. The molecular weight excluding hydrogens is 340 g/mol. The van der Waals surface area contributed by atoms with Crippen LogP contribution in [0.2, 0.25) is 0 Å². The van der Waals surface area contributed by atoms with Gasteiger partial charge in [0.15, 0.2) is 0 Å². The van der Waals surface area contributed by atoms with Gasteiger partial charge in [0.05, 0.1) is 18.1 Å². The minimum Gasteiger partial charge on any atom is -0.550 e. The van der Waals surface area contributed by atoms with E-state index in [4.69, 9.17) is 4.74 Å². The van der Waals surface area contributed by atoms with Crippen LogP contribution in [0.25, 0.3) is 0 Å². The minimum atomic E-state index is -1.33. The summed E-state index contributed by atoms with van der Waals surface area (Å²) in [5.74, 6) is -1.36. The van der Waals surface area contributed by atoms with Crippen LogP contribution >= 0.6 is 0 Å². The number of nitrogens with zero attached hydrogens (tertiary/aromatic N) is 1. The third kappa shape index (κ3) is 4.56. The number of carbonyl (C=O) groups excluding carboxylic acids is 2. The lowest BCUT2D eigenvalue weighted by Crippen LogP contribution is -2.34. The van der Waals surface area contributed by atoms with Gasteiger partial charge in [0.25, 0.3) is 11.6 Å². The second-order valence-electron chi connectivity index (χ2n) is 5.63. The fourth-order valence-electron chi connectivity index (χ4n) is 2.44. The molecule has 1 atom stereocenters. The third-order valence-electron chi connectivity index (χ3n) is 3.86. The number of amides is 1. The van der Waals surface area contributed by atoms with Crippen molar-refractivity contribution in [1.82, 2.24) is 5.32 Å². The molecule has 8 nitrogen and oxygen atoms in total. The zero-order valence-electron chi connectivity index (χ0n) is 14.2. The Hall–Kier alpha value is -3.42. The predicted molar refractivity (Wildman–Crippen MR) is 90.7 cm³/mol. The first kappa shape index (κ1) is 18.9. The van der Waals surface area contributed by atoms with Crippen LogP contribution in [0.5, 0.6) is 5.75 Å². The maximum absolute atomic E-state index is 12.4. The number of nitrogens with one attached hydrogen (secondary N) is 1. The van der Waals surface area contributed by atoms with Crippen molar-refractivity contribution in [3.63, 3.8) is 0 Å². The van der Waals surface area contributed by atoms with Crippen molar-refractivity contribution < 1.29 is 24.4 Å². The second-order valence-corrected chi connectivity index (χ2v) is 5.63. The minimum absolute atomic E-state index is 0.0687. The molecule has 2 rings (SSSR count). The molecule has 0 aliphatic carbocycles. The number of hydrogen-bond donors (Lipinski definition) is 1. The maximum Gasteiger partial charge on any atom is 0.273 e. The number of hydrogen-bond acceptors (Lipinski definition) is 6. The van der Waals surface area contributed by atoms with Gasteiger partial charge >= 0.3 is 0 Å². The number of aliphatic carboxylic acids is 1. The van der Waals surface area contributed by atoms with E-state index in [-0.39, 0.29) is 11.3 Å². The zero-order chi connectivity index (χ0) is 19.3. The van der Waals surface area contributed by atoms with Crippen LogP contribution in [-0.4, -0.2) is 23.9 Å². The normalized spacial score (nSPS) is 11.5. The van der Waals surface area contributed by atoms with Crippen LogP contribution in [0.4, 0.5) is 5.69 Å². The van der Waals surface area contributed by atoms with Crippen LogP contribution in [0.3, 0.4) is 0 Å². The number of carboxylic acids is 1. The molecule has 0 spiro atoms. The molecule has 8 heteroatoms. The summed E-state index contributed by atoms with van der Waals surface area (Å²) in [6.45, 7) is 1.57. The summed E-state index contributed by atoms with van der Waals surface area (Å²) >= 11 is 0. The predicted octanol–water partition coefficient (Wildman–Crippen LogP) is 1.52. The Morgan fingerprint density at radius 2 is 1.85 bits per heavy atom. The van der Waals surface area contributed by atoms with E-state index < -0.39 is 29.3 Å². The van der Waals surface area contributed by atoms with Crippen molar-refractivity contribution in [2.45, 2.75) is 19.4 Å². The Labute approximate surface area is 149 Å². The molecule has 0 aliphatic heterocycles. The monoisotopic (exact) mass is 357 g/mol. The number of ether oxygens (including phenoxy) is 1. The average molecular weight is 357 g/mol. The van der Waals surface area contributed by atoms with Gasteiger partial charge in [0.1, 0.15) is 5.75 Å². The first-order chi connectivity index (χ1) is 12.3. The van der Waals surface area contributed by atoms with Crippen LogP contribution < -0.4 is 15.2 Å². The Balaban J connectivity index is 2.27. The molecule has 0 fully saturated rings. The molecule has 26 heavy (non-hydrogen) atoms. The molecule has 136 valence electrons. The number of nitro groups is 1. The third-order valence-corrected chi connectivity index (χ3v) is 3.86. The maximum atomic E-state index is 12.4. The van der Waals surface area contributed by atoms with E-state index in [1.165, 1.54) is 19.2 Å². The van der Waals surface area contributed by atoms with Gasteiger partial charge in [-0.25, -0.2) is 0 Å². The Bertz CT molecular complexity index is 832. The molecule has 0 radical (unpaired) electrons. The molecule has 0 aliphatic rings. The van der Waals surface area contributed by atoms with E-state index in [0.717, 1.165) is 6.07 Å². The van der Waals surface area contributed by atoms with Gasteiger partial charge in [0, 0.05) is 29.6 Å². The van der Waals surface area contributed by atoms with Gasteiger partial charge in [0.2, 0.25) is 0 Å². The number of aryl methyl sites for hydroxylation is 1. The van der Waals surface area contributed by atoms with Gasteiger partial charge < -0.3 is 20.0 Å². The lowest BCUT2D eigenvalue weighted by atomic mass is 10.0. The standard InChI is InChI=1S/C18H18N2O6/c1-11-3-4-13(9-16(11)20(24)25)18(23)19-15(10-17(21)22)12-5-7-14(26-2)8-6-12/h3-9,15H,10H2,1-2H3,(H,19,23)(H,21,22)/p-1/t15-/m0/s1. The topological polar surface area (TPSA) is 122 Å². The van der Waals surface area contributed by atoms with Crippen molar-refractivity contribution in [3.05, 3.63) is 69.3 Å². The zero-order valence-corrected chi connectivity index (χ0v) is 14.2. The lowest BCUT2D eigenvalue weighted by Gasteiger charge is -2.20. The number of carboxylic acid groups (broad SMARTS) is 1. The van der Waals surface area contributed by atoms with Crippen molar-refractivity contribution in [1.29, 1.82) is 0 Å². The summed E-state index contributed by atoms with van der Waals surface area (Å²) in [5, 5.41) is 24.6. The number of benzene rings is 2. The van der Waals surface area contributed by atoms with Crippen molar-refractivity contribution in [3.8, 4) is 5.75 Å². The fourth-order valence-corrected chi connectivity index (χ4v) is 2.44. The van der Waals surface area contributed by atoms with Gasteiger partial charge in [-0.15, -0.1) is 0 Å². The van der Waals surface area contributed by atoms with E-state index in [0.29, 0.717) is 16.9 Å². The summed E-state index contributed by atoms with van der Waals surface area (Å²) in [7, 11) is 1.50. The van der Waals surface area contributed by atoms with Gasteiger partial charge in [-0.05, 0) is 30.7 Å². The molecule has 1 N–H and O–H groups in total. The molecule has 0 saturated heterocycles. The van der Waals surface area contributed by atoms with Crippen molar-refractivity contribution in [2.75, 3.05) is 7.11 Å². The Kier molecular flexibility index (Phi) is 5.90. The molecule has 2 aromatic rings. The largest absolute Gasteiger partial charge is 0.550 e. The number of nitro benzene ring substituents is 1. The van der Waals surface area contributed by atoms with Crippen LogP contribution in [0, 0.1) is 17.0 Å². The molecule has 1 amide bonds. The molecule has 0 unspecified atom stereocenters. The summed E-state index contributed by atoms with van der Waals surface area (Å²) in [6.07, 6.45) is -0.438. The highest BCUT2D eigenvalue weighted by Crippen LogP contribution is 2.23. The summed E-state index contributed by atoms with van der Waals surface area (Å²) in [6, 6.07) is 9.76. The molecular formula is C18H17N2O6-. The molecule has 0 bridgehead atoms. The highest BCUT2D eigenvalue weighted by atomic mass is 16.6.